The lowest BCUT2D eigenvalue weighted by Gasteiger charge is -2.20. The highest BCUT2D eigenvalue weighted by atomic mass is 32.1. The van der Waals surface area contributed by atoms with E-state index in [2.05, 4.69) is 33.0 Å². The maximum absolute atomic E-state index is 5.27. The fourth-order valence-corrected chi connectivity index (χ4v) is 3.14. The molecule has 1 aromatic heterocycles. The van der Waals surface area contributed by atoms with E-state index in [1.54, 1.807) is 6.21 Å². The number of aryl methyl sites for hydroxylation is 1. The number of pyridine rings is 1. The van der Waals surface area contributed by atoms with Crippen molar-refractivity contribution in [1.29, 1.82) is 0 Å². The smallest absolute Gasteiger partial charge is 0.187 e. The summed E-state index contributed by atoms with van der Waals surface area (Å²) in [5.74, 6) is 1.36. The van der Waals surface area contributed by atoms with Crippen molar-refractivity contribution in [1.82, 2.24) is 15.7 Å². The molecule has 2 aliphatic carbocycles. The predicted molar refractivity (Wildman–Crippen MR) is 84.6 cm³/mol. The monoisotopic (exact) mass is 286 g/mol. The molecule has 0 radical (unpaired) electrons. The van der Waals surface area contributed by atoms with E-state index < -0.39 is 0 Å². The van der Waals surface area contributed by atoms with Crippen molar-refractivity contribution in [2.75, 3.05) is 0 Å². The molecule has 3 rings (SSSR count). The second kappa shape index (κ2) is 5.71. The summed E-state index contributed by atoms with van der Waals surface area (Å²) in [7, 11) is 0. The normalized spacial score (nSPS) is 27.1. The molecule has 5 heteroatoms. The number of nitrogens with zero attached hydrogens (tertiary/aromatic N) is 2. The van der Waals surface area contributed by atoms with Crippen LogP contribution >= 0.6 is 12.2 Å². The van der Waals surface area contributed by atoms with Crippen LogP contribution in [0.1, 0.15) is 24.2 Å². The molecule has 1 aromatic rings. The molecule has 2 bridgehead atoms. The number of fused-ring (bicyclic) bond motifs is 2. The van der Waals surface area contributed by atoms with Gasteiger partial charge in [-0.3, -0.25) is 10.4 Å². The molecule has 20 heavy (non-hydrogen) atoms. The fraction of sp³-hybridized carbons (Fsp3) is 0.400. The average molecular weight is 286 g/mol. The first-order chi connectivity index (χ1) is 9.70. The van der Waals surface area contributed by atoms with Crippen LogP contribution in [0.25, 0.3) is 0 Å². The van der Waals surface area contributed by atoms with Gasteiger partial charge in [-0.15, -0.1) is 0 Å². The van der Waals surface area contributed by atoms with Gasteiger partial charge in [0.15, 0.2) is 5.11 Å². The van der Waals surface area contributed by atoms with Crippen LogP contribution in [0.2, 0.25) is 0 Å². The Balaban J connectivity index is 1.49. The van der Waals surface area contributed by atoms with Crippen LogP contribution < -0.4 is 10.7 Å². The van der Waals surface area contributed by atoms with Gasteiger partial charge in [-0.2, -0.15) is 5.10 Å². The molecule has 0 amide bonds. The van der Waals surface area contributed by atoms with Gasteiger partial charge >= 0.3 is 0 Å². The minimum Gasteiger partial charge on any atom is -0.358 e. The number of rotatable bonds is 3. The number of aromatic nitrogens is 1. The highest BCUT2D eigenvalue weighted by Gasteiger charge is 2.35. The van der Waals surface area contributed by atoms with Gasteiger partial charge in [0.05, 0.1) is 11.9 Å². The topological polar surface area (TPSA) is 49.3 Å². The van der Waals surface area contributed by atoms with Gasteiger partial charge in [0, 0.05) is 11.7 Å². The van der Waals surface area contributed by atoms with E-state index in [9.17, 15) is 0 Å². The van der Waals surface area contributed by atoms with E-state index in [4.69, 9.17) is 12.2 Å². The molecule has 104 valence electrons. The number of thiocarbonyl (C=S) groups is 1. The first-order valence-corrected chi connectivity index (χ1v) is 7.33. The fourth-order valence-electron chi connectivity index (χ4n) is 2.94. The first kappa shape index (κ1) is 13.2. The molecule has 1 fully saturated rings. The maximum Gasteiger partial charge on any atom is 0.187 e. The van der Waals surface area contributed by atoms with Crippen molar-refractivity contribution >= 4 is 23.5 Å². The Morgan fingerprint density at radius 2 is 2.30 bits per heavy atom. The van der Waals surface area contributed by atoms with E-state index in [0.717, 1.165) is 17.3 Å². The summed E-state index contributed by atoms with van der Waals surface area (Å²) in [4.78, 5) is 4.34. The predicted octanol–water partition coefficient (Wildman–Crippen LogP) is 2.15. The van der Waals surface area contributed by atoms with Crippen molar-refractivity contribution in [3.8, 4) is 0 Å². The summed E-state index contributed by atoms with van der Waals surface area (Å²) in [5, 5.41) is 8.05. The molecular weight excluding hydrogens is 268 g/mol. The summed E-state index contributed by atoms with van der Waals surface area (Å²) in [6.45, 7) is 1.96. The van der Waals surface area contributed by atoms with Crippen LogP contribution in [-0.4, -0.2) is 22.4 Å². The Kier molecular flexibility index (Phi) is 3.78. The lowest BCUT2D eigenvalue weighted by atomic mass is 10.0. The Bertz CT molecular complexity index is 567. The zero-order valence-corrected chi connectivity index (χ0v) is 12.2. The van der Waals surface area contributed by atoms with Crippen LogP contribution in [0.3, 0.4) is 0 Å². The first-order valence-electron chi connectivity index (χ1n) is 6.92. The average Bonchev–Trinajstić information content (AvgIpc) is 3.01. The highest BCUT2D eigenvalue weighted by Crippen LogP contribution is 2.38. The van der Waals surface area contributed by atoms with Crippen molar-refractivity contribution in [2.45, 2.75) is 25.8 Å². The molecule has 0 spiro atoms. The van der Waals surface area contributed by atoms with Crippen LogP contribution in [-0.2, 0) is 0 Å². The number of hydrogen-bond acceptors (Lipinski definition) is 3. The van der Waals surface area contributed by atoms with Gasteiger partial charge < -0.3 is 5.32 Å². The van der Waals surface area contributed by atoms with Gasteiger partial charge in [0.25, 0.3) is 0 Å². The Morgan fingerprint density at radius 1 is 1.40 bits per heavy atom. The number of hydrazone groups is 1. The molecule has 0 aromatic carbocycles. The van der Waals surface area contributed by atoms with Gasteiger partial charge in [0.1, 0.15) is 0 Å². The van der Waals surface area contributed by atoms with E-state index in [1.165, 1.54) is 12.8 Å². The zero-order chi connectivity index (χ0) is 13.9. The number of allylic oxidation sites excluding steroid dienone is 1. The molecule has 2 N–H and O–H groups in total. The molecular formula is C15H18N4S. The molecule has 3 atom stereocenters. The SMILES string of the molecule is Cc1cccc(/C=N\NC(=S)NC2CC3C=CC2C3)n1. The van der Waals surface area contributed by atoms with Gasteiger partial charge in [-0.1, -0.05) is 18.2 Å². The molecule has 0 saturated heterocycles. The minimum absolute atomic E-state index is 0.456. The van der Waals surface area contributed by atoms with Crippen molar-refractivity contribution < 1.29 is 0 Å². The second-order valence-corrected chi connectivity index (χ2v) is 5.84. The largest absolute Gasteiger partial charge is 0.358 e. The second-order valence-electron chi connectivity index (χ2n) is 5.43. The Morgan fingerprint density at radius 3 is 3.00 bits per heavy atom. The van der Waals surface area contributed by atoms with Crippen LogP contribution in [0.5, 0.6) is 0 Å². The lowest BCUT2D eigenvalue weighted by molar-refractivity contribution is 0.521. The van der Waals surface area contributed by atoms with E-state index in [-0.39, 0.29) is 0 Å². The summed E-state index contributed by atoms with van der Waals surface area (Å²) in [6, 6.07) is 6.29. The zero-order valence-electron chi connectivity index (χ0n) is 11.4. The molecule has 4 nitrogen and oxygen atoms in total. The molecule has 3 unspecified atom stereocenters. The summed E-state index contributed by atoms with van der Waals surface area (Å²) in [6.07, 6.45) is 8.74. The van der Waals surface area contributed by atoms with Gasteiger partial charge in [-0.25, -0.2) is 0 Å². The Labute approximate surface area is 124 Å². The summed E-state index contributed by atoms with van der Waals surface area (Å²) >= 11 is 5.27. The minimum atomic E-state index is 0.456. The summed E-state index contributed by atoms with van der Waals surface area (Å²) < 4.78 is 0. The molecule has 2 aliphatic rings. The van der Waals surface area contributed by atoms with Crippen molar-refractivity contribution in [3.05, 3.63) is 41.7 Å². The van der Waals surface area contributed by atoms with Crippen LogP contribution in [0.4, 0.5) is 0 Å². The highest BCUT2D eigenvalue weighted by molar-refractivity contribution is 7.80. The third kappa shape index (κ3) is 3.04. The van der Waals surface area contributed by atoms with E-state index in [0.29, 0.717) is 17.1 Å². The summed E-state index contributed by atoms with van der Waals surface area (Å²) in [5.41, 5.74) is 4.66. The standard InChI is InChI=1S/C15H18N4S/c1-10-3-2-4-13(17-10)9-16-19-15(20)18-14-8-11-5-6-12(14)7-11/h2-6,9,11-12,14H,7-8H2,1H3,(H2,18,19,20)/b16-9-. The Hall–Kier alpha value is -1.75. The van der Waals surface area contributed by atoms with Crippen LogP contribution in [0.15, 0.2) is 35.5 Å². The van der Waals surface area contributed by atoms with Gasteiger partial charge in [-0.05, 0) is 56.0 Å². The molecule has 0 aliphatic heterocycles. The third-order valence-electron chi connectivity index (χ3n) is 3.87. The van der Waals surface area contributed by atoms with E-state index in [1.807, 2.05) is 25.1 Å². The van der Waals surface area contributed by atoms with Crippen molar-refractivity contribution in [3.63, 3.8) is 0 Å². The molecule has 1 saturated carbocycles. The number of nitrogens with one attached hydrogen (secondary N) is 2. The van der Waals surface area contributed by atoms with Crippen LogP contribution in [0, 0.1) is 18.8 Å². The number of hydrogen-bond donors (Lipinski definition) is 2. The molecule has 1 heterocycles. The van der Waals surface area contributed by atoms with E-state index >= 15 is 0 Å². The van der Waals surface area contributed by atoms with Gasteiger partial charge in [0.2, 0.25) is 0 Å². The van der Waals surface area contributed by atoms with Crippen molar-refractivity contribution in [2.24, 2.45) is 16.9 Å². The third-order valence-corrected chi connectivity index (χ3v) is 4.08. The lowest BCUT2D eigenvalue weighted by Crippen LogP contribution is -2.42. The maximum atomic E-state index is 5.27. The quantitative estimate of drug-likeness (QED) is 0.387.